The number of fused-ring (bicyclic) bond motifs is 1. The standard InChI is InChI=1S/C14H15N3O3/c18-13(15-10-5-4-9(7-10)14(19)20)11-8-17-6-2-1-3-12(17)16-11/h1-3,6,8-10H,4-5,7H2,(H,15,18)(H,19,20)/t9-,10+/m1/s1. The third kappa shape index (κ3) is 2.36. The molecule has 2 aromatic rings. The Hall–Kier alpha value is -2.37. The molecular weight excluding hydrogens is 258 g/mol. The molecule has 1 amide bonds. The summed E-state index contributed by atoms with van der Waals surface area (Å²) in [7, 11) is 0. The highest BCUT2D eigenvalue weighted by atomic mass is 16.4. The summed E-state index contributed by atoms with van der Waals surface area (Å²) >= 11 is 0. The molecule has 0 aromatic carbocycles. The van der Waals surface area contributed by atoms with E-state index in [-0.39, 0.29) is 17.9 Å². The number of amides is 1. The maximum absolute atomic E-state index is 12.1. The maximum Gasteiger partial charge on any atom is 0.306 e. The monoisotopic (exact) mass is 273 g/mol. The van der Waals surface area contributed by atoms with Crippen molar-refractivity contribution in [3.05, 3.63) is 36.3 Å². The van der Waals surface area contributed by atoms with E-state index in [9.17, 15) is 9.59 Å². The van der Waals surface area contributed by atoms with Gasteiger partial charge < -0.3 is 14.8 Å². The van der Waals surface area contributed by atoms with Gasteiger partial charge in [-0.25, -0.2) is 4.98 Å². The summed E-state index contributed by atoms with van der Waals surface area (Å²) in [5.41, 5.74) is 1.07. The highest BCUT2D eigenvalue weighted by Crippen LogP contribution is 2.25. The Morgan fingerprint density at radius 3 is 2.90 bits per heavy atom. The lowest BCUT2D eigenvalue weighted by molar-refractivity contribution is -0.141. The molecule has 0 spiro atoms. The van der Waals surface area contributed by atoms with Crippen LogP contribution in [0.4, 0.5) is 0 Å². The maximum atomic E-state index is 12.1. The van der Waals surface area contributed by atoms with Gasteiger partial charge in [0.15, 0.2) is 0 Å². The molecule has 0 radical (unpaired) electrons. The zero-order chi connectivity index (χ0) is 14.1. The lowest BCUT2D eigenvalue weighted by atomic mass is 10.1. The Kier molecular flexibility index (Phi) is 3.14. The summed E-state index contributed by atoms with van der Waals surface area (Å²) in [4.78, 5) is 27.2. The SMILES string of the molecule is O=C(N[C@H]1CC[C@@H](C(=O)O)C1)c1cn2ccccc2n1. The fourth-order valence-electron chi connectivity index (χ4n) is 2.64. The third-order valence-electron chi connectivity index (χ3n) is 3.71. The van der Waals surface area contributed by atoms with E-state index in [1.807, 2.05) is 24.4 Å². The van der Waals surface area contributed by atoms with Crippen LogP contribution in [0.25, 0.3) is 5.65 Å². The number of hydrogen-bond donors (Lipinski definition) is 2. The average Bonchev–Trinajstić information content (AvgIpc) is 3.04. The van der Waals surface area contributed by atoms with E-state index in [0.29, 0.717) is 30.6 Å². The first-order chi connectivity index (χ1) is 9.63. The van der Waals surface area contributed by atoms with Crippen LogP contribution in [0, 0.1) is 5.92 Å². The van der Waals surface area contributed by atoms with Crippen molar-refractivity contribution in [1.82, 2.24) is 14.7 Å². The molecule has 1 saturated carbocycles. The number of hydrogen-bond acceptors (Lipinski definition) is 3. The quantitative estimate of drug-likeness (QED) is 0.883. The Morgan fingerprint density at radius 1 is 1.35 bits per heavy atom. The van der Waals surface area contributed by atoms with Crippen LogP contribution in [0.2, 0.25) is 0 Å². The highest BCUT2D eigenvalue weighted by Gasteiger charge is 2.30. The Morgan fingerprint density at radius 2 is 2.20 bits per heavy atom. The number of carbonyl (C=O) groups is 2. The number of aliphatic carboxylic acids is 1. The topological polar surface area (TPSA) is 83.7 Å². The number of nitrogens with zero attached hydrogens (tertiary/aromatic N) is 2. The van der Waals surface area contributed by atoms with Gasteiger partial charge in [0.2, 0.25) is 0 Å². The van der Waals surface area contributed by atoms with Gasteiger partial charge in [0.05, 0.1) is 5.92 Å². The molecule has 2 heterocycles. The van der Waals surface area contributed by atoms with Crippen molar-refractivity contribution in [2.45, 2.75) is 25.3 Å². The first-order valence-corrected chi connectivity index (χ1v) is 6.61. The van der Waals surface area contributed by atoms with Gasteiger partial charge in [0, 0.05) is 18.4 Å². The molecule has 0 unspecified atom stereocenters. The van der Waals surface area contributed by atoms with Gasteiger partial charge in [0.1, 0.15) is 11.3 Å². The van der Waals surface area contributed by atoms with Gasteiger partial charge in [-0.1, -0.05) is 6.07 Å². The van der Waals surface area contributed by atoms with Crippen molar-refractivity contribution in [3.63, 3.8) is 0 Å². The van der Waals surface area contributed by atoms with E-state index in [1.165, 1.54) is 0 Å². The van der Waals surface area contributed by atoms with Crippen LogP contribution in [0.5, 0.6) is 0 Å². The van der Waals surface area contributed by atoms with E-state index in [2.05, 4.69) is 10.3 Å². The normalized spacial score (nSPS) is 22.0. The molecule has 0 aliphatic heterocycles. The average molecular weight is 273 g/mol. The molecule has 20 heavy (non-hydrogen) atoms. The minimum Gasteiger partial charge on any atom is -0.481 e. The summed E-state index contributed by atoms with van der Waals surface area (Å²) < 4.78 is 1.78. The van der Waals surface area contributed by atoms with E-state index in [0.717, 1.165) is 0 Å². The summed E-state index contributed by atoms with van der Waals surface area (Å²) in [5, 5.41) is 11.8. The van der Waals surface area contributed by atoms with Gasteiger partial charge >= 0.3 is 5.97 Å². The number of nitrogens with one attached hydrogen (secondary N) is 1. The summed E-state index contributed by atoms with van der Waals surface area (Å²) in [6, 6.07) is 5.48. The fraction of sp³-hybridized carbons (Fsp3) is 0.357. The first kappa shape index (κ1) is 12.7. The van der Waals surface area contributed by atoms with Crippen molar-refractivity contribution in [2.75, 3.05) is 0 Å². The van der Waals surface area contributed by atoms with Crippen LogP contribution in [-0.4, -0.2) is 32.4 Å². The minimum absolute atomic E-state index is 0.0755. The lowest BCUT2D eigenvalue weighted by Gasteiger charge is -2.10. The molecule has 1 aliphatic rings. The molecule has 6 nitrogen and oxygen atoms in total. The zero-order valence-corrected chi connectivity index (χ0v) is 10.8. The van der Waals surface area contributed by atoms with Crippen LogP contribution in [0.15, 0.2) is 30.6 Å². The van der Waals surface area contributed by atoms with Crippen LogP contribution in [0.3, 0.4) is 0 Å². The number of pyridine rings is 1. The van der Waals surface area contributed by atoms with Gasteiger partial charge in [-0.15, -0.1) is 0 Å². The second kappa shape index (κ2) is 4.96. The molecule has 2 N–H and O–H groups in total. The summed E-state index contributed by atoms with van der Waals surface area (Å²) in [6.07, 6.45) is 5.32. The van der Waals surface area contributed by atoms with Gasteiger partial charge in [-0.2, -0.15) is 0 Å². The van der Waals surface area contributed by atoms with Crippen LogP contribution >= 0.6 is 0 Å². The molecule has 1 aliphatic carbocycles. The van der Waals surface area contributed by atoms with E-state index in [1.54, 1.807) is 10.6 Å². The second-order valence-electron chi connectivity index (χ2n) is 5.11. The molecule has 2 atom stereocenters. The molecule has 2 aromatic heterocycles. The summed E-state index contributed by atoms with van der Waals surface area (Å²) in [6.45, 7) is 0. The van der Waals surface area contributed by atoms with Crippen LogP contribution < -0.4 is 5.32 Å². The van der Waals surface area contributed by atoms with Crippen molar-refractivity contribution in [1.29, 1.82) is 0 Å². The predicted octanol–water partition coefficient (Wildman–Crippen LogP) is 1.32. The van der Waals surface area contributed by atoms with Crippen molar-refractivity contribution >= 4 is 17.5 Å². The molecule has 1 fully saturated rings. The molecule has 3 rings (SSSR count). The Balaban J connectivity index is 1.69. The number of imidazole rings is 1. The first-order valence-electron chi connectivity index (χ1n) is 6.61. The number of carboxylic acid groups (broad SMARTS) is 1. The fourth-order valence-corrected chi connectivity index (χ4v) is 2.64. The van der Waals surface area contributed by atoms with E-state index in [4.69, 9.17) is 5.11 Å². The number of carboxylic acids is 1. The van der Waals surface area contributed by atoms with E-state index < -0.39 is 5.97 Å². The molecule has 0 saturated heterocycles. The molecule has 0 bridgehead atoms. The Bertz CT molecular complexity index is 631. The van der Waals surface area contributed by atoms with Crippen molar-refractivity contribution < 1.29 is 14.7 Å². The zero-order valence-electron chi connectivity index (χ0n) is 10.8. The summed E-state index contributed by atoms with van der Waals surface area (Å²) in [5.74, 6) is -1.37. The van der Waals surface area contributed by atoms with E-state index >= 15 is 0 Å². The van der Waals surface area contributed by atoms with Crippen LogP contribution in [0.1, 0.15) is 29.8 Å². The van der Waals surface area contributed by atoms with Crippen molar-refractivity contribution in [3.8, 4) is 0 Å². The molecular formula is C14H15N3O3. The minimum atomic E-state index is -0.783. The Labute approximate surface area is 115 Å². The highest BCUT2D eigenvalue weighted by molar-refractivity contribution is 5.93. The van der Waals surface area contributed by atoms with Crippen LogP contribution in [-0.2, 0) is 4.79 Å². The molecule has 104 valence electrons. The van der Waals surface area contributed by atoms with Gasteiger partial charge in [-0.3, -0.25) is 9.59 Å². The number of aromatic nitrogens is 2. The smallest absolute Gasteiger partial charge is 0.306 e. The second-order valence-corrected chi connectivity index (χ2v) is 5.11. The molecule has 6 heteroatoms. The van der Waals surface area contributed by atoms with Crippen molar-refractivity contribution in [2.24, 2.45) is 5.92 Å². The predicted molar refractivity (Wildman–Crippen MR) is 71.4 cm³/mol. The third-order valence-corrected chi connectivity index (χ3v) is 3.71. The van der Waals surface area contributed by atoms with Gasteiger partial charge in [0.25, 0.3) is 5.91 Å². The number of carbonyl (C=O) groups excluding carboxylic acids is 1. The lowest BCUT2D eigenvalue weighted by Crippen LogP contribution is -2.33. The number of rotatable bonds is 3. The largest absolute Gasteiger partial charge is 0.481 e. The van der Waals surface area contributed by atoms with Gasteiger partial charge in [-0.05, 0) is 31.4 Å².